The largest absolute Gasteiger partial charge is 0.496 e. The van der Waals surface area contributed by atoms with Crippen LogP contribution in [0.1, 0.15) is 50.1 Å². The fourth-order valence-corrected chi connectivity index (χ4v) is 3.42. The Bertz CT molecular complexity index is 1050. The molecule has 150 valence electrons. The summed E-state index contributed by atoms with van der Waals surface area (Å²) < 4.78 is 7.20. The fourth-order valence-electron chi connectivity index (χ4n) is 3.42. The molecule has 0 fully saturated rings. The van der Waals surface area contributed by atoms with Crippen LogP contribution in [0, 0.1) is 0 Å². The van der Waals surface area contributed by atoms with Crippen LogP contribution < -0.4 is 10.3 Å². The first-order chi connectivity index (χ1) is 14.1. The molecule has 4 nitrogen and oxygen atoms in total. The highest BCUT2D eigenvalue weighted by atomic mass is 16.5. The average Bonchev–Trinajstić information content (AvgIpc) is 2.74. The van der Waals surface area contributed by atoms with Gasteiger partial charge in [-0.2, -0.15) is 5.10 Å². The molecule has 0 aliphatic carbocycles. The second-order valence-electron chi connectivity index (χ2n) is 7.27. The number of hydrogen-bond acceptors (Lipinski definition) is 3. The maximum Gasteiger partial charge on any atom is 0.274 e. The van der Waals surface area contributed by atoms with Crippen LogP contribution in [0.2, 0.25) is 0 Å². The molecule has 0 bridgehead atoms. The van der Waals surface area contributed by atoms with E-state index >= 15 is 0 Å². The lowest BCUT2D eigenvalue weighted by Crippen LogP contribution is -2.29. The third-order valence-electron chi connectivity index (χ3n) is 4.82. The SMILES string of the molecule is CCCc1nn(C(C)C)c(=O)c(/C=C/c2ccccc2)c1-c1ccccc1OC. The van der Waals surface area contributed by atoms with Gasteiger partial charge in [0, 0.05) is 11.1 Å². The van der Waals surface area contributed by atoms with Gasteiger partial charge in [0.05, 0.1) is 24.4 Å². The van der Waals surface area contributed by atoms with Crippen LogP contribution in [0.4, 0.5) is 0 Å². The van der Waals surface area contributed by atoms with Crippen molar-refractivity contribution in [2.45, 2.75) is 39.7 Å². The van der Waals surface area contributed by atoms with Gasteiger partial charge in [0.25, 0.3) is 5.56 Å². The van der Waals surface area contributed by atoms with Crippen molar-refractivity contribution in [3.63, 3.8) is 0 Å². The van der Waals surface area contributed by atoms with Gasteiger partial charge >= 0.3 is 0 Å². The molecule has 3 aromatic rings. The first kappa shape index (κ1) is 20.6. The Morgan fingerprint density at radius 2 is 1.72 bits per heavy atom. The molecule has 0 aliphatic rings. The monoisotopic (exact) mass is 388 g/mol. The third-order valence-corrected chi connectivity index (χ3v) is 4.82. The predicted octanol–water partition coefficient (Wildman–Crippen LogP) is 5.62. The van der Waals surface area contributed by atoms with Gasteiger partial charge < -0.3 is 4.74 Å². The molecular formula is C25H28N2O2. The van der Waals surface area contributed by atoms with E-state index in [0.717, 1.165) is 41.0 Å². The molecule has 0 unspecified atom stereocenters. The second kappa shape index (κ2) is 9.37. The predicted molar refractivity (Wildman–Crippen MR) is 120 cm³/mol. The van der Waals surface area contributed by atoms with Gasteiger partial charge in [0.1, 0.15) is 5.75 Å². The average molecular weight is 389 g/mol. The summed E-state index contributed by atoms with van der Waals surface area (Å²) in [4.78, 5) is 13.4. The molecule has 4 heteroatoms. The molecule has 0 aliphatic heterocycles. The van der Waals surface area contributed by atoms with E-state index in [1.165, 1.54) is 0 Å². The van der Waals surface area contributed by atoms with Crippen molar-refractivity contribution in [2.75, 3.05) is 7.11 Å². The summed E-state index contributed by atoms with van der Waals surface area (Å²) in [5, 5.41) is 4.74. The van der Waals surface area contributed by atoms with Crippen LogP contribution in [0.5, 0.6) is 5.75 Å². The number of hydrogen-bond donors (Lipinski definition) is 0. The fraction of sp³-hybridized carbons (Fsp3) is 0.280. The second-order valence-corrected chi connectivity index (χ2v) is 7.27. The van der Waals surface area contributed by atoms with Crippen LogP contribution in [0.25, 0.3) is 23.3 Å². The van der Waals surface area contributed by atoms with Gasteiger partial charge in [-0.25, -0.2) is 4.68 Å². The first-order valence-corrected chi connectivity index (χ1v) is 10.1. The van der Waals surface area contributed by atoms with E-state index in [4.69, 9.17) is 9.84 Å². The summed E-state index contributed by atoms with van der Waals surface area (Å²) >= 11 is 0. The minimum absolute atomic E-state index is 0.0197. The van der Waals surface area contributed by atoms with E-state index in [1.807, 2.05) is 80.6 Å². The molecule has 0 amide bonds. The van der Waals surface area contributed by atoms with Crippen molar-refractivity contribution < 1.29 is 4.74 Å². The lowest BCUT2D eigenvalue weighted by Gasteiger charge is -2.18. The molecule has 0 N–H and O–H groups in total. The number of rotatable bonds is 7. The molecule has 1 heterocycles. The van der Waals surface area contributed by atoms with Crippen molar-refractivity contribution in [3.05, 3.63) is 81.8 Å². The summed E-state index contributed by atoms with van der Waals surface area (Å²) in [6.45, 7) is 6.09. The number of aromatic nitrogens is 2. The molecule has 1 aromatic heterocycles. The molecule has 0 saturated heterocycles. The summed E-state index contributed by atoms with van der Waals surface area (Å²) in [5.41, 5.74) is 4.27. The molecule has 0 saturated carbocycles. The van der Waals surface area contributed by atoms with E-state index in [2.05, 4.69) is 6.92 Å². The molecule has 29 heavy (non-hydrogen) atoms. The Hall–Kier alpha value is -3.14. The zero-order valence-electron chi connectivity index (χ0n) is 17.6. The molecule has 0 atom stereocenters. The molecule has 0 spiro atoms. The summed E-state index contributed by atoms with van der Waals surface area (Å²) in [7, 11) is 1.65. The number of nitrogens with zero attached hydrogens (tertiary/aromatic N) is 2. The molecule has 2 aromatic carbocycles. The number of para-hydroxylation sites is 1. The van der Waals surface area contributed by atoms with Gasteiger partial charge in [-0.05, 0) is 38.0 Å². The van der Waals surface area contributed by atoms with Crippen LogP contribution >= 0.6 is 0 Å². The molecular weight excluding hydrogens is 360 g/mol. The quantitative estimate of drug-likeness (QED) is 0.527. The minimum Gasteiger partial charge on any atom is -0.496 e. The number of ether oxygens (including phenoxy) is 1. The number of aryl methyl sites for hydroxylation is 1. The lowest BCUT2D eigenvalue weighted by atomic mass is 9.95. The Morgan fingerprint density at radius 1 is 1.03 bits per heavy atom. The Kier molecular flexibility index (Phi) is 6.65. The van der Waals surface area contributed by atoms with E-state index in [0.29, 0.717) is 5.56 Å². The highest BCUT2D eigenvalue weighted by Gasteiger charge is 2.20. The van der Waals surface area contributed by atoms with E-state index < -0.39 is 0 Å². The zero-order valence-corrected chi connectivity index (χ0v) is 17.6. The summed E-state index contributed by atoms with van der Waals surface area (Å²) in [6, 6.07) is 17.8. The molecule has 3 rings (SSSR count). The van der Waals surface area contributed by atoms with Crippen molar-refractivity contribution in [2.24, 2.45) is 0 Å². The Labute approximate surface area is 172 Å². The maximum atomic E-state index is 13.4. The van der Waals surface area contributed by atoms with E-state index in [9.17, 15) is 4.79 Å². The lowest BCUT2D eigenvalue weighted by molar-refractivity contribution is 0.416. The van der Waals surface area contributed by atoms with Crippen molar-refractivity contribution >= 4 is 12.2 Å². The van der Waals surface area contributed by atoms with Gasteiger partial charge in [-0.1, -0.05) is 68.0 Å². The standard InChI is InChI=1S/C25H28N2O2/c1-5-11-22-24(20-14-9-10-15-23(20)29-4)21(25(28)27(26-22)18(2)3)17-16-19-12-7-6-8-13-19/h6-10,12-18H,5,11H2,1-4H3/b17-16+. The van der Waals surface area contributed by atoms with Crippen LogP contribution in [-0.4, -0.2) is 16.9 Å². The van der Waals surface area contributed by atoms with Crippen LogP contribution in [0.3, 0.4) is 0 Å². The molecule has 0 radical (unpaired) electrons. The normalized spacial score (nSPS) is 11.3. The summed E-state index contributed by atoms with van der Waals surface area (Å²) in [5.74, 6) is 0.739. The highest BCUT2D eigenvalue weighted by Crippen LogP contribution is 2.34. The summed E-state index contributed by atoms with van der Waals surface area (Å²) in [6.07, 6.45) is 5.62. The minimum atomic E-state index is -0.0899. The topological polar surface area (TPSA) is 44.1 Å². The van der Waals surface area contributed by atoms with Crippen molar-refractivity contribution in [1.82, 2.24) is 9.78 Å². The number of methoxy groups -OCH3 is 1. The Morgan fingerprint density at radius 3 is 2.38 bits per heavy atom. The smallest absolute Gasteiger partial charge is 0.274 e. The van der Waals surface area contributed by atoms with Crippen LogP contribution in [0.15, 0.2) is 59.4 Å². The van der Waals surface area contributed by atoms with E-state index in [-0.39, 0.29) is 11.6 Å². The van der Waals surface area contributed by atoms with Crippen molar-refractivity contribution in [3.8, 4) is 16.9 Å². The van der Waals surface area contributed by atoms with Gasteiger partial charge in [0.15, 0.2) is 0 Å². The van der Waals surface area contributed by atoms with Gasteiger partial charge in [-0.3, -0.25) is 4.79 Å². The number of benzene rings is 2. The Balaban J connectivity index is 2.33. The van der Waals surface area contributed by atoms with Crippen molar-refractivity contribution in [1.29, 1.82) is 0 Å². The highest BCUT2D eigenvalue weighted by molar-refractivity contribution is 5.84. The van der Waals surface area contributed by atoms with Gasteiger partial charge in [-0.15, -0.1) is 0 Å². The van der Waals surface area contributed by atoms with Gasteiger partial charge in [0.2, 0.25) is 0 Å². The van der Waals surface area contributed by atoms with Crippen LogP contribution in [-0.2, 0) is 6.42 Å². The maximum absolute atomic E-state index is 13.4. The van der Waals surface area contributed by atoms with E-state index in [1.54, 1.807) is 11.8 Å². The zero-order chi connectivity index (χ0) is 20.8. The third kappa shape index (κ3) is 4.48. The first-order valence-electron chi connectivity index (χ1n) is 10.1.